The molecule has 0 aromatic heterocycles. The fourth-order valence-electron chi connectivity index (χ4n) is 0.739. The summed E-state index contributed by atoms with van der Waals surface area (Å²) in [5.41, 5.74) is 3.92. The smallest absolute Gasteiger partial charge is 0.288 e. The topological polar surface area (TPSA) is 26.0 Å². The van der Waals surface area contributed by atoms with Gasteiger partial charge in [0.1, 0.15) is 5.83 Å². The highest BCUT2D eigenvalue weighted by Crippen LogP contribution is 2.29. The zero-order chi connectivity index (χ0) is 10.6. The molecule has 0 heterocycles. The van der Waals surface area contributed by atoms with Crippen molar-refractivity contribution >= 4 is 0 Å². The zero-order valence-electron chi connectivity index (χ0n) is 7.41. The molecule has 74 valence electrons. The number of rotatable bonds is 4. The van der Waals surface area contributed by atoms with E-state index in [4.69, 9.17) is 5.73 Å². The largest absolute Gasteiger partial charge is 0.325 e. The molecule has 2 N–H and O–H groups in total. The van der Waals surface area contributed by atoms with Crippen LogP contribution in [0, 0.1) is 0 Å². The maximum Gasteiger partial charge on any atom is 0.288 e. The van der Waals surface area contributed by atoms with Gasteiger partial charge in [-0.25, -0.2) is 4.39 Å². The number of hydrogen-bond acceptors (Lipinski definition) is 1. The highest BCUT2D eigenvalue weighted by molar-refractivity contribution is 5.36. The molecular formula is C9H12F3N. The van der Waals surface area contributed by atoms with E-state index in [2.05, 4.69) is 13.2 Å². The van der Waals surface area contributed by atoms with Gasteiger partial charge >= 0.3 is 0 Å². The van der Waals surface area contributed by atoms with Gasteiger partial charge in [-0.15, -0.1) is 0 Å². The van der Waals surface area contributed by atoms with Crippen LogP contribution in [0.2, 0.25) is 0 Å². The van der Waals surface area contributed by atoms with E-state index in [0.29, 0.717) is 0 Å². The van der Waals surface area contributed by atoms with Gasteiger partial charge in [0.05, 0.1) is 12.1 Å². The van der Waals surface area contributed by atoms with Crippen molar-refractivity contribution in [2.75, 3.05) is 6.54 Å². The second-order valence-electron chi connectivity index (χ2n) is 2.62. The van der Waals surface area contributed by atoms with Crippen LogP contribution in [0.25, 0.3) is 0 Å². The molecule has 4 heteroatoms. The van der Waals surface area contributed by atoms with E-state index in [9.17, 15) is 13.2 Å². The van der Waals surface area contributed by atoms with Crippen LogP contribution in [0.15, 0.2) is 36.2 Å². The standard InChI is InChI=1S/C9H12F3N/c1-4-7(8(10)6(2)3)9(11,12)5-13/h4H,1-2,5,13H2,3H3/b8-7-. The Morgan fingerprint density at radius 3 is 2.23 bits per heavy atom. The maximum atomic E-state index is 13.0. The van der Waals surface area contributed by atoms with E-state index in [-0.39, 0.29) is 5.57 Å². The summed E-state index contributed by atoms with van der Waals surface area (Å²) in [6.07, 6.45) is 0.761. The summed E-state index contributed by atoms with van der Waals surface area (Å²) >= 11 is 0. The minimum atomic E-state index is -3.38. The van der Waals surface area contributed by atoms with Crippen LogP contribution in [0.5, 0.6) is 0 Å². The van der Waals surface area contributed by atoms with Gasteiger partial charge in [0, 0.05) is 0 Å². The second kappa shape index (κ2) is 4.28. The van der Waals surface area contributed by atoms with Gasteiger partial charge in [-0.05, 0) is 12.5 Å². The third-order valence-electron chi connectivity index (χ3n) is 1.47. The third-order valence-corrected chi connectivity index (χ3v) is 1.47. The summed E-state index contributed by atoms with van der Waals surface area (Å²) in [6, 6.07) is 0. The maximum absolute atomic E-state index is 13.0. The van der Waals surface area contributed by atoms with Gasteiger partial charge in [-0.1, -0.05) is 19.2 Å². The SMILES string of the molecule is C=C/C(=C(/F)C(=C)C)C(F)(F)CN. The lowest BCUT2D eigenvalue weighted by molar-refractivity contribution is 0.0531. The lowest BCUT2D eigenvalue weighted by Crippen LogP contribution is -2.30. The molecule has 0 aliphatic heterocycles. The predicted molar refractivity (Wildman–Crippen MR) is 47.1 cm³/mol. The van der Waals surface area contributed by atoms with Crippen molar-refractivity contribution in [3.63, 3.8) is 0 Å². The van der Waals surface area contributed by atoms with E-state index in [0.717, 1.165) is 6.08 Å². The zero-order valence-corrected chi connectivity index (χ0v) is 7.41. The molecule has 0 saturated heterocycles. The monoisotopic (exact) mass is 191 g/mol. The quantitative estimate of drug-likeness (QED) is 0.679. The first kappa shape index (κ1) is 12.0. The Kier molecular flexibility index (Phi) is 3.94. The molecule has 0 amide bonds. The van der Waals surface area contributed by atoms with Gasteiger partial charge in [0.2, 0.25) is 0 Å². The minimum Gasteiger partial charge on any atom is -0.325 e. The van der Waals surface area contributed by atoms with Crippen molar-refractivity contribution in [2.24, 2.45) is 5.73 Å². The summed E-state index contributed by atoms with van der Waals surface area (Å²) < 4.78 is 38.8. The normalized spacial score (nSPS) is 13.6. The number of halogens is 3. The van der Waals surface area contributed by atoms with Crippen LogP contribution >= 0.6 is 0 Å². The Labute approximate surface area is 75.4 Å². The van der Waals surface area contributed by atoms with Crippen LogP contribution in [-0.2, 0) is 0 Å². The van der Waals surface area contributed by atoms with Crippen molar-refractivity contribution in [1.29, 1.82) is 0 Å². The van der Waals surface area contributed by atoms with Crippen LogP contribution < -0.4 is 5.73 Å². The first-order chi connectivity index (χ1) is 5.86. The molecule has 0 aliphatic rings. The van der Waals surface area contributed by atoms with Crippen LogP contribution in [0.4, 0.5) is 13.2 Å². The van der Waals surface area contributed by atoms with Crippen molar-refractivity contribution in [1.82, 2.24) is 0 Å². The van der Waals surface area contributed by atoms with Gasteiger partial charge < -0.3 is 5.73 Å². The molecule has 0 unspecified atom stereocenters. The van der Waals surface area contributed by atoms with Gasteiger partial charge in [0.25, 0.3) is 5.92 Å². The van der Waals surface area contributed by atoms with E-state index >= 15 is 0 Å². The fourth-order valence-corrected chi connectivity index (χ4v) is 0.739. The number of nitrogens with two attached hydrogens (primary N) is 1. The highest BCUT2D eigenvalue weighted by atomic mass is 19.3. The average Bonchev–Trinajstić information content (AvgIpc) is 2.05. The molecule has 13 heavy (non-hydrogen) atoms. The molecule has 0 saturated carbocycles. The molecule has 0 aromatic rings. The highest BCUT2D eigenvalue weighted by Gasteiger charge is 2.33. The van der Waals surface area contributed by atoms with Crippen molar-refractivity contribution in [3.8, 4) is 0 Å². The Morgan fingerprint density at radius 1 is 1.54 bits per heavy atom. The van der Waals surface area contributed by atoms with Gasteiger partial charge in [-0.2, -0.15) is 8.78 Å². The Morgan fingerprint density at radius 2 is 2.00 bits per heavy atom. The molecule has 0 bridgehead atoms. The fraction of sp³-hybridized carbons (Fsp3) is 0.333. The molecule has 1 nitrogen and oxygen atoms in total. The summed E-state index contributed by atoms with van der Waals surface area (Å²) in [7, 11) is 0. The third kappa shape index (κ3) is 2.73. The molecule has 0 spiro atoms. The van der Waals surface area contributed by atoms with E-state index < -0.39 is 23.9 Å². The van der Waals surface area contributed by atoms with Crippen molar-refractivity contribution in [2.45, 2.75) is 12.8 Å². The van der Waals surface area contributed by atoms with Gasteiger partial charge in [-0.3, -0.25) is 0 Å². The summed E-state index contributed by atoms with van der Waals surface area (Å²) in [5.74, 6) is -4.43. The first-order valence-electron chi connectivity index (χ1n) is 3.63. The molecule has 0 atom stereocenters. The van der Waals surface area contributed by atoms with Crippen LogP contribution in [0.3, 0.4) is 0 Å². The molecule has 0 radical (unpaired) electrons. The van der Waals surface area contributed by atoms with E-state index in [1.807, 2.05) is 0 Å². The molecule has 0 aliphatic carbocycles. The minimum absolute atomic E-state index is 0.0666. The van der Waals surface area contributed by atoms with E-state index in [1.54, 1.807) is 0 Å². The van der Waals surface area contributed by atoms with Crippen molar-refractivity contribution in [3.05, 3.63) is 36.2 Å². The molecular weight excluding hydrogens is 179 g/mol. The van der Waals surface area contributed by atoms with Gasteiger partial charge in [0.15, 0.2) is 0 Å². The number of allylic oxidation sites excluding steroid dienone is 3. The Bertz CT molecular complexity index is 254. The summed E-state index contributed by atoms with van der Waals surface area (Å²) in [4.78, 5) is 0. The lowest BCUT2D eigenvalue weighted by atomic mass is 10.1. The van der Waals surface area contributed by atoms with Crippen LogP contribution in [-0.4, -0.2) is 12.5 Å². The number of hydrogen-bond donors (Lipinski definition) is 1. The molecule has 0 rings (SSSR count). The predicted octanol–water partition coefficient (Wildman–Crippen LogP) is 2.57. The van der Waals surface area contributed by atoms with Crippen LogP contribution in [0.1, 0.15) is 6.92 Å². The summed E-state index contributed by atoms with van der Waals surface area (Å²) in [5, 5.41) is 0. The molecule has 0 aromatic carbocycles. The van der Waals surface area contributed by atoms with E-state index in [1.165, 1.54) is 6.92 Å². The first-order valence-corrected chi connectivity index (χ1v) is 3.63. The number of alkyl halides is 2. The lowest BCUT2D eigenvalue weighted by Gasteiger charge is -2.16. The van der Waals surface area contributed by atoms with Crippen molar-refractivity contribution < 1.29 is 13.2 Å². The molecule has 0 fully saturated rings. The summed E-state index contributed by atoms with van der Waals surface area (Å²) in [6.45, 7) is 6.67. The Hall–Kier alpha value is -1.03. The second-order valence-corrected chi connectivity index (χ2v) is 2.62. The average molecular weight is 191 g/mol. The Balaban J connectivity index is 5.22.